The van der Waals surface area contributed by atoms with Gasteiger partial charge in [-0.1, -0.05) is 6.07 Å². The number of hydrogen-bond acceptors (Lipinski definition) is 4. The third kappa shape index (κ3) is 2.50. The van der Waals surface area contributed by atoms with E-state index in [4.69, 9.17) is 0 Å². The van der Waals surface area contributed by atoms with Gasteiger partial charge in [0.1, 0.15) is 5.82 Å². The van der Waals surface area contributed by atoms with Gasteiger partial charge in [0.2, 0.25) is 0 Å². The molecule has 0 aliphatic heterocycles. The van der Waals surface area contributed by atoms with Gasteiger partial charge >= 0.3 is 5.69 Å². The van der Waals surface area contributed by atoms with E-state index in [-0.39, 0.29) is 5.82 Å². The Hall–Kier alpha value is -2.50. The predicted octanol–water partition coefficient (Wildman–Crippen LogP) is 0.209. The zero-order valence-corrected chi connectivity index (χ0v) is 8.18. The van der Waals surface area contributed by atoms with Crippen LogP contribution < -0.4 is 11.2 Å². The molecule has 2 N–H and O–H groups in total. The SMILES string of the molecule is O=c1cc(N=Cc2ccccn2)[nH]c(=O)[nH]1. The molecule has 16 heavy (non-hydrogen) atoms. The molecule has 6 heteroatoms. The molecule has 0 aromatic carbocycles. The Kier molecular flexibility index (Phi) is 2.73. The topological polar surface area (TPSA) is 91.0 Å². The molecule has 0 unspecified atom stereocenters. The third-order valence-electron chi connectivity index (χ3n) is 1.77. The summed E-state index contributed by atoms with van der Waals surface area (Å²) in [5.74, 6) is 0.194. The van der Waals surface area contributed by atoms with Crippen molar-refractivity contribution in [2.24, 2.45) is 4.99 Å². The minimum Gasteiger partial charge on any atom is -0.292 e. The molecule has 0 bridgehead atoms. The van der Waals surface area contributed by atoms with Crippen LogP contribution in [0.15, 0.2) is 45.0 Å². The summed E-state index contributed by atoms with van der Waals surface area (Å²) in [6.07, 6.45) is 3.09. The largest absolute Gasteiger partial charge is 0.327 e. The van der Waals surface area contributed by atoms with Crippen molar-refractivity contribution in [1.29, 1.82) is 0 Å². The number of rotatable bonds is 2. The van der Waals surface area contributed by atoms with E-state index in [1.165, 1.54) is 12.3 Å². The van der Waals surface area contributed by atoms with Crippen molar-refractivity contribution in [2.75, 3.05) is 0 Å². The highest BCUT2D eigenvalue weighted by Crippen LogP contribution is 1.99. The number of nitrogens with one attached hydrogen (secondary N) is 2. The van der Waals surface area contributed by atoms with E-state index in [1.54, 1.807) is 18.3 Å². The van der Waals surface area contributed by atoms with E-state index in [0.717, 1.165) is 0 Å². The molecule has 0 atom stereocenters. The van der Waals surface area contributed by atoms with Crippen molar-refractivity contribution in [2.45, 2.75) is 0 Å². The summed E-state index contributed by atoms with van der Waals surface area (Å²) in [6.45, 7) is 0. The Labute approximate surface area is 89.7 Å². The first-order valence-electron chi connectivity index (χ1n) is 4.53. The molecule has 0 aliphatic carbocycles. The maximum absolute atomic E-state index is 11.0. The summed E-state index contributed by atoms with van der Waals surface area (Å²) >= 11 is 0. The van der Waals surface area contributed by atoms with Crippen LogP contribution in [0.2, 0.25) is 0 Å². The first kappa shape index (κ1) is 10.0. The van der Waals surface area contributed by atoms with Crippen LogP contribution in [-0.4, -0.2) is 21.2 Å². The minimum atomic E-state index is -0.583. The number of hydrogen-bond donors (Lipinski definition) is 2. The number of pyridine rings is 1. The van der Waals surface area contributed by atoms with Gasteiger partial charge in [0.05, 0.1) is 11.9 Å². The van der Waals surface area contributed by atoms with Gasteiger partial charge in [0.25, 0.3) is 5.56 Å². The van der Waals surface area contributed by atoms with Crippen LogP contribution in [0.25, 0.3) is 0 Å². The van der Waals surface area contributed by atoms with Crippen molar-refractivity contribution in [3.63, 3.8) is 0 Å². The van der Waals surface area contributed by atoms with Crippen molar-refractivity contribution in [3.05, 3.63) is 57.0 Å². The fourth-order valence-corrected chi connectivity index (χ4v) is 1.11. The minimum absolute atomic E-state index is 0.194. The van der Waals surface area contributed by atoms with E-state index < -0.39 is 11.2 Å². The van der Waals surface area contributed by atoms with Gasteiger partial charge in [-0.15, -0.1) is 0 Å². The highest BCUT2D eigenvalue weighted by molar-refractivity contribution is 5.78. The van der Waals surface area contributed by atoms with Gasteiger partial charge in [-0.3, -0.25) is 19.7 Å². The van der Waals surface area contributed by atoms with Crippen molar-refractivity contribution < 1.29 is 0 Å². The quantitative estimate of drug-likeness (QED) is 0.703. The molecular weight excluding hydrogens is 208 g/mol. The van der Waals surface area contributed by atoms with Crippen LogP contribution in [0.5, 0.6) is 0 Å². The summed E-state index contributed by atoms with van der Waals surface area (Å²) < 4.78 is 0. The zero-order chi connectivity index (χ0) is 11.4. The van der Waals surface area contributed by atoms with Gasteiger partial charge in [0.15, 0.2) is 0 Å². The lowest BCUT2D eigenvalue weighted by atomic mass is 10.4. The van der Waals surface area contributed by atoms with Crippen LogP contribution in [0.3, 0.4) is 0 Å². The van der Waals surface area contributed by atoms with Gasteiger partial charge in [-0.05, 0) is 12.1 Å². The molecule has 0 aliphatic rings. The number of aromatic nitrogens is 3. The molecule has 0 saturated carbocycles. The average molecular weight is 216 g/mol. The van der Waals surface area contributed by atoms with Gasteiger partial charge in [-0.25, -0.2) is 9.79 Å². The number of aromatic amines is 2. The second kappa shape index (κ2) is 4.35. The second-order valence-corrected chi connectivity index (χ2v) is 2.99. The zero-order valence-electron chi connectivity index (χ0n) is 8.18. The first-order chi connectivity index (χ1) is 7.74. The van der Waals surface area contributed by atoms with Crippen LogP contribution in [0.1, 0.15) is 5.69 Å². The molecule has 0 saturated heterocycles. The summed E-state index contributed by atoms with van der Waals surface area (Å²) in [6, 6.07) is 6.55. The standard InChI is InChI=1S/C10H8N4O2/c15-9-5-8(13-10(16)14-9)12-6-7-3-1-2-4-11-7/h1-6H,(H2,13,14,15,16). The van der Waals surface area contributed by atoms with Gasteiger partial charge in [-0.2, -0.15) is 0 Å². The summed E-state index contributed by atoms with van der Waals surface area (Å²) in [5, 5.41) is 0. The highest BCUT2D eigenvalue weighted by atomic mass is 16.2. The lowest BCUT2D eigenvalue weighted by Gasteiger charge is -1.92. The summed E-state index contributed by atoms with van der Waals surface area (Å²) in [5.41, 5.74) is -0.429. The molecule has 2 aromatic heterocycles. The molecule has 2 aromatic rings. The molecule has 0 radical (unpaired) electrons. The van der Waals surface area contributed by atoms with Crippen LogP contribution in [0.4, 0.5) is 5.82 Å². The van der Waals surface area contributed by atoms with Crippen LogP contribution >= 0.6 is 0 Å². The smallest absolute Gasteiger partial charge is 0.292 e. The molecule has 2 heterocycles. The van der Waals surface area contributed by atoms with E-state index in [2.05, 4.69) is 19.9 Å². The monoisotopic (exact) mass is 216 g/mol. The summed E-state index contributed by atoms with van der Waals surface area (Å²) in [7, 11) is 0. The van der Waals surface area contributed by atoms with Crippen molar-refractivity contribution >= 4 is 12.0 Å². The van der Waals surface area contributed by atoms with Crippen molar-refractivity contribution in [3.8, 4) is 0 Å². The van der Waals surface area contributed by atoms with Crippen molar-refractivity contribution in [1.82, 2.24) is 15.0 Å². The Bertz CT molecular complexity index is 584. The van der Waals surface area contributed by atoms with E-state index in [0.29, 0.717) is 5.69 Å². The molecule has 0 amide bonds. The molecule has 6 nitrogen and oxygen atoms in total. The van der Waals surface area contributed by atoms with Gasteiger partial charge < -0.3 is 0 Å². The lowest BCUT2D eigenvalue weighted by molar-refractivity contribution is 1.03. The Balaban J connectivity index is 2.31. The fraction of sp³-hybridized carbons (Fsp3) is 0. The number of aliphatic imine (C=N–C) groups is 1. The van der Waals surface area contributed by atoms with E-state index in [9.17, 15) is 9.59 Å². The second-order valence-electron chi connectivity index (χ2n) is 2.99. The average Bonchev–Trinajstić information content (AvgIpc) is 2.27. The molecule has 80 valence electrons. The van der Waals surface area contributed by atoms with Crippen LogP contribution in [-0.2, 0) is 0 Å². The molecule has 0 spiro atoms. The predicted molar refractivity (Wildman–Crippen MR) is 59.2 cm³/mol. The third-order valence-corrected chi connectivity index (χ3v) is 1.77. The Morgan fingerprint density at radius 1 is 1.25 bits per heavy atom. The lowest BCUT2D eigenvalue weighted by Crippen LogP contribution is -2.20. The maximum atomic E-state index is 11.0. The molecule has 0 fully saturated rings. The van der Waals surface area contributed by atoms with Crippen LogP contribution in [0, 0.1) is 0 Å². The van der Waals surface area contributed by atoms with E-state index >= 15 is 0 Å². The Morgan fingerprint density at radius 3 is 2.81 bits per heavy atom. The fourth-order valence-electron chi connectivity index (χ4n) is 1.11. The molecular formula is C10H8N4O2. The normalized spacial score (nSPS) is 10.8. The van der Waals surface area contributed by atoms with Gasteiger partial charge in [0, 0.05) is 12.3 Å². The summed E-state index contributed by atoms with van der Waals surface area (Å²) in [4.78, 5) is 34.3. The number of nitrogens with zero attached hydrogens (tertiary/aromatic N) is 2. The molecule has 2 rings (SSSR count). The Morgan fingerprint density at radius 2 is 2.12 bits per heavy atom. The van der Waals surface area contributed by atoms with E-state index in [1.807, 2.05) is 6.07 Å². The first-order valence-corrected chi connectivity index (χ1v) is 4.53. The highest BCUT2D eigenvalue weighted by Gasteiger charge is 1.93. The maximum Gasteiger partial charge on any atom is 0.327 e. The number of H-pyrrole nitrogens is 2.